The first kappa shape index (κ1) is 15.9. The van der Waals surface area contributed by atoms with Crippen molar-refractivity contribution in [3.05, 3.63) is 42.1 Å². The van der Waals surface area contributed by atoms with E-state index in [0.29, 0.717) is 0 Å². The Morgan fingerprint density at radius 3 is 2.36 bits per heavy atom. The first-order valence-electron chi connectivity index (χ1n) is 6.27. The molecule has 0 aliphatic heterocycles. The summed E-state index contributed by atoms with van der Waals surface area (Å²) in [6.07, 6.45) is 0. The summed E-state index contributed by atoms with van der Waals surface area (Å²) < 4.78 is 25.9. The van der Waals surface area contributed by atoms with Crippen molar-refractivity contribution >= 4 is 21.8 Å². The number of nitrogen functional groups attached to an aromatic ring is 1. The molecule has 0 atom stereocenters. The number of carboxylic acid groups (broad SMARTS) is 1. The van der Waals surface area contributed by atoms with E-state index in [1.54, 1.807) is 12.1 Å². The van der Waals surface area contributed by atoms with Gasteiger partial charge in [-0.1, -0.05) is 18.2 Å². The van der Waals surface area contributed by atoms with Crippen molar-refractivity contribution in [1.29, 1.82) is 0 Å². The lowest BCUT2D eigenvalue weighted by Gasteiger charge is -2.16. The number of nitrogens with two attached hydrogens (primary N) is 1. The van der Waals surface area contributed by atoms with E-state index in [1.165, 1.54) is 38.4 Å². The number of carbonyl (C=O) groups is 1. The van der Waals surface area contributed by atoms with Crippen LogP contribution in [0, 0.1) is 0 Å². The van der Waals surface area contributed by atoms with Gasteiger partial charge in [-0.05, 0) is 18.2 Å². The number of sulfonamides is 1. The fourth-order valence-electron chi connectivity index (χ4n) is 1.97. The molecule has 0 spiro atoms. The second kappa shape index (κ2) is 5.74. The summed E-state index contributed by atoms with van der Waals surface area (Å²) in [6, 6.07) is 9.05. The molecule has 3 N–H and O–H groups in total. The van der Waals surface area contributed by atoms with Crippen LogP contribution in [-0.4, -0.2) is 42.9 Å². The maximum Gasteiger partial charge on any atom is 0.355 e. The zero-order chi connectivity index (χ0) is 16.5. The van der Waals surface area contributed by atoms with Crippen LogP contribution >= 0.6 is 0 Å². The number of nitrogens with zero attached hydrogens (tertiary/aromatic N) is 2. The monoisotopic (exact) mass is 321 g/mol. The second-order valence-corrected chi connectivity index (χ2v) is 6.84. The van der Waals surface area contributed by atoms with E-state index >= 15 is 0 Å². The summed E-state index contributed by atoms with van der Waals surface area (Å²) in [7, 11) is -0.911. The van der Waals surface area contributed by atoms with E-state index in [9.17, 15) is 18.3 Å². The summed E-state index contributed by atoms with van der Waals surface area (Å²) in [5.41, 5.74) is 5.69. The number of hydrogen-bond donors (Lipinski definition) is 2. The van der Waals surface area contributed by atoms with Gasteiger partial charge >= 0.3 is 5.97 Å². The van der Waals surface area contributed by atoms with Gasteiger partial charge in [-0.15, -0.1) is 0 Å². The highest BCUT2D eigenvalue weighted by Crippen LogP contribution is 2.31. The molecule has 1 heterocycles. The molecule has 0 amide bonds. The molecule has 7 nitrogen and oxygen atoms in total. The third-order valence-electron chi connectivity index (χ3n) is 3.06. The van der Waals surface area contributed by atoms with Gasteiger partial charge in [0.05, 0.1) is 4.90 Å². The lowest BCUT2D eigenvalue weighted by Crippen LogP contribution is -2.23. The predicted molar refractivity (Wildman–Crippen MR) is 81.9 cm³/mol. The van der Waals surface area contributed by atoms with Gasteiger partial charge in [-0.2, -0.15) is 0 Å². The molecule has 1 aromatic heterocycles. The third kappa shape index (κ3) is 2.78. The number of carboxylic acids is 1. The van der Waals surface area contributed by atoms with Crippen LogP contribution in [0.2, 0.25) is 0 Å². The lowest BCUT2D eigenvalue weighted by atomic mass is 10.0. The van der Waals surface area contributed by atoms with Crippen molar-refractivity contribution in [1.82, 2.24) is 9.29 Å². The Bertz CT molecular complexity index is 832. The minimum Gasteiger partial charge on any atom is -0.476 e. The molecule has 0 aliphatic rings. The van der Waals surface area contributed by atoms with Crippen LogP contribution in [0.4, 0.5) is 5.82 Å². The van der Waals surface area contributed by atoms with Crippen LogP contribution in [0.15, 0.2) is 41.3 Å². The normalized spacial score (nSPS) is 11.6. The number of rotatable bonds is 4. The average Bonchev–Trinajstić information content (AvgIpc) is 2.47. The number of aromatic nitrogens is 1. The highest BCUT2D eigenvalue weighted by atomic mass is 32.2. The van der Waals surface area contributed by atoms with Crippen molar-refractivity contribution in [2.24, 2.45) is 0 Å². The molecule has 2 rings (SSSR count). The van der Waals surface area contributed by atoms with Gasteiger partial charge in [0, 0.05) is 25.2 Å². The van der Waals surface area contributed by atoms with E-state index < -0.39 is 16.0 Å². The minimum absolute atomic E-state index is 0.00840. The topological polar surface area (TPSA) is 114 Å². The quantitative estimate of drug-likeness (QED) is 0.877. The molecule has 0 saturated heterocycles. The highest BCUT2D eigenvalue weighted by Gasteiger charge is 2.24. The van der Waals surface area contributed by atoms with E-state index in [-0.39, 0.29) is 27.5 Å². The fraction of sp³-hybridized carbons (Fsp3) is 0.143. The van der Waals surface area contributed by atoms with E-state index in [0.717, 1.165) is 4.31 Å². The van der Waals surface area contributed by atoms with Crippen molar-refractivity contribution in [3.8, 4) is 11.1 Å². The largest absolute Gasteiger partial charge is 0.476 e. The zero-order valence-corrected chi connectivity index (χ0v) is 12.8. The van der Waals surface area contributed by atoms with Crippen molar-refractivity contribution < 1.29 is 18.3 Å². The third-order valence-corrected chi connectivity index (χ3v) is 4.93. The molecule has 116 valence electrons. The van der Waals surface area contributed by atoms with Gasteiger partial charge in [0.15, 0.2) is 5.69 Å². The molecule has 22 heavy (non-hydrogen) atoms. The maximum absolute atomic E-state index is 12.4. The Balaban J connectivity index is 2.79. The standard InChI is InChI=1S/C14H15N3O4S/c1-17(2)22(20,21)11-6-4-3-5-9(11)10-7-8-12(15)16-13(10)14(18)19/h3-8H,1-2H3,(H2,15,16)(H,18,19). The van der Waals surface area contributed by atoms with E-state index in [1.807, 2.05) is 0 Å². The number of aromatic carboxylic acids is 1. The number of hydrogen-bond acceptors (Lipinski definition) is 5. The van der Waals surface area contributed by atoms with Crippen molar-refractivity contribution in [3.63, 3.8) is 0 Å². The lowest BCUT2D eigenvalue weighted by molar-refractivity contribution is 0.0691. The predicted octanol–water partition coefficient (Wildman–Crippen LogP) is 1.28. The number of benzene rings is 1. The summed E-state index contributed by atoms with van der Waals surface area (Å²) >= 11 is 0. The fourth-order valence-corrected chi connectivity index (χ4v) is 3.07. The first-order chi connectivity index (χ1) is 10.2. The highest BCUT2D eigenvalue weighted by molar-refractivity contribution is 7.89. The molecule has 0 radical (unpaired) electrons. The summed E-state index contributed by atoms with van der Waals surface area (Å²) in [5, 5.41) is 9.28. The second-order valence-electron chi connectivity index (χ2n) is 4.72. The molecule has 0 aliphatic carbocycles. The van der Waals surface area contributed by atoms with Crippen LogP contribution in [-0.2, 0) is 10.0 Å². The Hall–Kier alpha value is -2.45. The van der Waals surface area contributed by atoms with Crippen molar-refractivity contribution in [2.45, 2.75) is 4.90 Å². The first-order valence-corrected chi connectivity index (χ1v) is 7.71. The van der Waals surface area contributed by atoms with E-state index in [4.69, 9.17) is 5.73 Å². The number of anilines is 1. The maximum atomic E-state index is 12.4. The Morgan fingerprint density at radius 2 is 1.77 bits per heavy atom. The van der Waals surface area contributed by atoms with Crippen LogP contribution in [0.5, 0.6) is 0 Å². The molecule has 8 heteroatoms. The van der Waals surface area contributed by atoms with Crippen LogP contribution in [0.3, 0.4) is 0 Å². The smallest absolute Gasteiger partial charge is 0.355 e. The summed E-state index contributed by atoms with van der Waals surface area (Å²) in [6.45, 7) is 0. The van der Waals surface area contributed by atoms with Gasteiger partial charge in [0.1, 0.15) is 5.82 Å². The van der Waals surface area contributed by atoms with Gasteiger partial charge < -0.3 is 10.8 Å². The molecule has 2 aromatic rings. The average molecular weight is 321 g/mol. The van der Waals surface area contributed by atoms with Crippen molar-refractivity contribution in [2.75, 3.05) is 19.8 Å². The minimum atomic E-state index is -3.73. The number of pyridine rings is 1. The van der Waals surface area contributed by atoms with Gasteiger partial charge in [-0.3, -0.25) is 0 Å². The van der Waals surface area contributed by atoms with E-state index in [2.05, 4.69) is 4.98 Å². The molecular formula is C14H15N3O4S. The van der Waals surface area contributed by atoms with Crippen LogP contribution in [0.25, 0.3) is 11.1 Å². The Labute approximate surface area is 128 Å². The molecule has 0 unspecified atom stereocenters. The Kier molecular flexibility index (Phi) is 4.16. The molecule has 0 fully saturated rings. The molecule has 0 bridgehead atoms. The molecular weight excluding hydrogens is 306 g/mol. The molecule has 0 saturated carbocycles. The molecule has 1 aromatic carbocycles. The SMILES string of the molecule is CN(C)S(=O)(=O)c1ccccc1-c1ccc(N)nc1C(=O)O. The van der Waals surface area contributed by atoms with Crippen LogP contribution in [0.1, 0.15) is 10.5 Å². The summed E-state index contributed by atoms with van der Waals surface area (Å²) in [4.78, 5) is 15.2. The van der Waals surface area contributed by atoms with Gasteiger partial charge in [-0.25, -0.2) is 22.5 Å². The summed E-state index contributed by atoms with van der Waals surface area (Å²) in [5.74, 6) is -1.23. The van der Waals surface area contributed by atoms with Gasteiger partial charge in [0.25, 0.3) is 0 Å². The van der Waals surface area contributed by atoms with Gasteiger partial charge in [0.2, 0.25) is 10.0 Å². The van der Waals surface area contributed by atoms with Crippen LogP contribution < -0.4 is 5.73 Å². The zero-order valence-electron chi connectivity index (χ0n) is 12.0. The Morgan fingerprint density at radius 1 is 1.14 bits per heavy atom.